The smallest absolute Gasteiger partial charge is 0.160 e. The molecule has 0 aliphatic heterocycles. The van der Waals surface area contributed by atoms with Gasteiger partial charge in [-0.15, -0.1) is 0 Å². The molecule has 0 radical (unpaired) electrons. The average molecular weight is 715 g/mol. The molecule has 0 amide bonds. The number of fused-ring (bicyclic) bond motifs is 6. The van der Waals surface area contributed by atoms with E-state index in [1.54, 1.807) is 0 Å². The summed E-state index contributed by atoms with van der Waals surface area (Å²) in [5.74, 6) is 0.684. The molecule has 0 saturated heterocycles. The van der Waals surface area contributed by atoms with Gasteiger partial charge in [-0.05, 0) is 74.8 Å². The van der Waals surface area contributed by atoms with Gasteiger partial charge in [-0.25, -0.2) is 9.97 Å². The third-order valence-electron chi connectivity index (χ3n) is 11.4. The molecule has 56 heavy (non-hydrogen) atoms. The Balaban J connectivity index is 1.12. The molecule has 1 aliphatic carbocycles. The van der Waals surface area contributed by atoms with Gasteiger partial charge in [0, 0.05) is 27.5 Å². The second-order valence-corrected chi connectivity index (χ2v) is 14.5. The summed E-state index contributed by atoms with van der Waals surface area (Å²) in [5.41, 5.74) is 15.8. The van der Waals surface area contributed by atoms with Gasteiger partial charge in [0.1, 0.15) is 11.2 Å². The van der Waals surface area contributed by atoms with Crippen molar-refractivity contribution >= 4 is 21.9 Å². The fourth-order valence-corrected chi connectivity index (χ4v) is 8.92. The van der Waals surface area contributed by atoms with Crippen LogP contribution in [0.2, 0.25) is 0 Å². The van der Waals surface area contributed by atoms with Crippen molar-refractivity contribution in [3.63, 3.8) is 0 Å². The topological polar surface area (TPSA) is 38.9 Å². The van der Waals surface area contributed by atoms with Crippen molar-refractivity contribution in [3.8, 4) is 56.2 Å². The van der Waals surface area contributed by atoms with E-state index in [2.05, 4.69) is 176 Å². The molecule has 10 aromatic rings. The van der Waals surface area contributed by atoms with Crippen molar-refractivity contribution in [1.82, 2.24) is 9.97 Å². The van der Waals surface area contributed by atoms with Crippen LogP contribution in [0.25, 0.3) is 78.1 Å². The Labute approximate surface area is 325 Å². The maximum absolute atomic E-state index is 6.19. The molecule has 0 atom stereocenters. The van der Waals surface area contributed by atoms with Crippen LogP contribution in [0, 0.1) is 0 Å². The molecular weight excluding hydrogens is 681 g/mol. The third-order valence-corrected chi connectivity index (χ3v) is 11.4. The molecule has 0 unspecified atom stereocenters. The Bertz CT molecular complexity index is 3040. The highest BCUT2D eigenvalue weighted by Gasteiger charge is 2.45. The Morgan fingerprint density at radius 2 is 0.911 bits per heavy atom. The predicted molar refractivity (Wildman–Crippen MR) is 228 cm³/mol. The summed E-state index contributed by atoms with van der Waals surface area (Å²) in [4.78, 5) is 10.6. The Morgan fingerprint density at radius 3 is 1.68 bits per heavy atom. The van der Waals surface area contributed by atoms with Crippen molar-refractivity contribution < 1.29 is 4.42 Å². The van der Waals surface area contributed by atoms with E-state index in [0.29, 0.717) is 5.82 Å². The minimum absolute atomic E-state index is 0.509. The second kappa shape index (κ2) is 12.9. The molecule has 0 N–H and O–H groups in total. The zero-order chi connectivity index (χ0) is 37.1. The van der Waals surface area contributed by atoms with Crippen LogP contribution in [0.15, 0.2) is 211 Å². The SMILES string of the molecule is c1ccc(-c2nc(-c3cccc(C4(c5ccccc5)c5ccccc5-c5ccccc54)c3)cc(-c3ccccc3-c3ccc4oc5ccccc5c4c3)n2)cc1. The zero-order valence-corrected chi connectivity index (χ0v) is 30.4. The molecule has 0 bridgehead atoms. The highest BCUT2D eigenvalue weighted by atomic mass is 16.3. The number of benzene rings is 8. The number of hydrogen-bond donors (Lipinski definition) is 0. The van der Waals surface area contributed by atoms with Crippen LogP contribution in [-0.2, 0) is 5.41 Å². The summed E-state index contributed by atoms with van der Waals surface area (Å²) in [7, 11) is 0. The average Bonchev–Trinajstić information content (AvgIpc) is 3.80. The van der Waals surface area contributed by atoms with Gasteiger partial charge in [-0.1, -0.05) is 176 Å². The molecule has 3 nitrogen and oxygen atoms in total. The van der Waals surface area contributed by atoms with Gasteiger partial charge in [0.15, 0.2) is 5.82 Å². The van der Waals surface area contributed by atoms with E-state index in [0.717, 1.165) is 61.1 Å². The molecule has 2 heterocycles. The predicted octanol–water partition coefficient (Wildman–Crippen LogP) is 13.4. The Kier molecular flexibility index (Phi) is 7.39. The van der Waals surface area contributed by atoms with Crippen LogP contribution in [0.4, 0.5) is 0 Å². The first kappa shape index (κ1) is 32.1. The lowest BCUT2D eigenvalue weighted by Gasteiger charge is -2.34. The van der Waals surface area contributed by atoms with Crippen LogP contribution in [0.3, 0.4) is 0 Å². The highest BCUT2D eigenvalue weighted by molar-refractivity contribution is 6.06. The third kappa shape index (κ3) is 4.98. The molecule has 262 valence electrons. The zero-order valence-electron chi connectivity index (χ0n) is 30.4. The lowest BCUT2D eigenvalue weighted by atomic mass is 9.67. The van der Waals surface area contributed by atoms with Crippen molar-refractivity contribution in [1.29, 1.82) is 0 Å². The molecule has 0 saturated carbocycles. The minimum Gasteiger partial charge on any atom is -0.456 e. The summed E-state index contributed by atoms with van der Waals surface area (Å²) < 4.78 is 6.19. The second-order valence-electron chi connectivity index (χ2n) is 14.5. The van der Waals surface area contributed by atoms with Gasteiger partial charge in [0.2, 0.25) is 0 Å². The normalized spacial score (nSPS) is 12.8. The van der Waals surface area contributed by atoms with Crippen molar-refractivity contribution in [2.75, 3.05) is 0 Å². The van der Waals surface area contributed by atoms with E-state index in [4.69, 9.17) is 14.4 Å². The van der Waals surface area contributed by atoms with Gasteiger partial charge in [0.05, 0.1) is 16.8 Å². The number of hydrogen-bond acceptors (Lipinski definition) is 3. The van der Waals surface area contributed by atoms with E-state index in [1.807, 2.05) is 30.3 Å². The molecule has 11 rings (SSSR count). The fourth-order valence-electron chi connectivity index (χ4n) is 8.92. The first-order valence-corrected chi connectivity index (χ1v) is 19.1. The summed E-state index contributed by atoms with van der Waals surface area (Å²) >= 11 is 0. The molecule has 8 aromatic carbocycles. The van der Waals surface area contributed by atoms with Crippen molar-refractivity contribution in [2.24, 2.45) is 0 Å². The largest absolute Gasteiger partial charge is 0.456 e. The number of nitrogens with zero attached hydrogens (tertiary/aromatic N) is 2. The van der Waals surface area contributed by atoms with Crippen molar-refractivity contribution in [3.05, 3.63) is 229 Å². The molecule has 1 aliphatic rings. The van der Waals surface area contributed by atoms with E-state index in [-0.39, 0.29) is 0 Å². The molecule has 0 fully saturated rings. The summed E-state index contributed by atoms with van der Waals surface area (Å²) in [6.45, 7) is 0. The highest BCUT2D eigenvalue weighted by Crippen LogP contribution is 2.56. The Hall–Kier alpha value is -7.36. The van der Waals surface area contributed by atoms with E-state index < -0.39 is 5.41 Å². The number of para-hydroxylation sites is 1. The molecule has 3 heteroatoms. The van der Waals surface area contributed by atoms with E-state index in [9.17, 15) is 0 Å². The first-order chi connectivity index (χ1) is 27.8. The Morgan fingerprint density at radius 1 is 0.339 bits per heavy atom. The van der Waals surface area contributed by atoms with E-state index >= 15 is 0 Å². The summed E-state index contributed by atoms with van der Waals surface area (Å²) in [6.07, 6.45) is 0. The van der Waals surface area contributed by atoms with Gasteiger partial charge in [-0.3, -0.25) is 0 Å². The number of rotatable bonds is 6. The van der Waals surface area contributed by atoms with Crippen LogP contribution in [-0.4, -0.2) is 9.97 Å². The summed E-state index contributed by atoms with van der Waals surface area (Å²) in [6, 6.07) is 73.3. The molecule has 0 spiro atoms. The van der Waals surface area contributed by atoms with Gasteiger partial charge in [-0.2, -0.15) is 0 Å². The lowest BCUT2D eigenvalue weighted by molar-refractivity contribution is 0.669. The first-order valence-electron chi connectivity index (χ1n) is 19.1. The monoisotopic (exact) mass is 714 g/mol. The van der Waals surface area contributed by atoms with Crippen molar-refractivity contribution in [2.45, 2.75) is 5.41 Å². The van der Waals surface area contributed by atoms with E-state index in [1.165, 1.54) is 33.4 Å². The van der Waals surface area contributed by atoms with Crippen LogP contribution in [0.1, 0.15) is 22.3 Å². The van der Waals surface area contributed by atoms with Gasteiger partial charge in [0.25, 0.3) is 0 Å². The fraction of sp³-hybridized carbons (Fsp3) is 0.0189. The molecular formula is C53H34N2O. The van der Waals surface area contributed by atoms with Crippen LogP contribution in [0.5, 0.6) is 0 Å². The van der Waals surface area contributed by atoms with Crippen LogP contribution >= 0.6 is 0 Å². The van der Waals surface area contributed by atoms with Crippen LogP contribution < -0.4 is 0 Å². The quantitative estimate of drug-likeness (QED) is 0.172. The molecule has 2 aromatic heterocycles. The maximum Gasteiger partial charge on any atom is 0.160 e. The summed E-state index contributed by atoms with van der Waals surface area (Å²) in [5, 5.41) is 2.21. The number of furan rings is 1. The minimum atomic E-state index is -0.509. The number of aromatic nitrogens is 2. The van der Waals surface area contributed by atoms with Gasteiger partial charge < -0.3 is 4.42 Å². The maximum atomic E-state index is 6.19. The van der Waals surface area contributed by atoms with Gasteiger partial charge >= 0.3 is 0 Å². The lowest BCUT2D eigenvalue weighted by Crippen LogP contribution is -2.28. The standard InChI is InChI=1S/C53H34N2O/c1-3-16-35(17-4-1)52-54-48(34-49(55-52)43-25-8-7-22-40(43)36-30-31-51-45(33-36)44-26-11-14-29-50(44)56-51)37-18-15-21-39(32-37)53(38-19-5-2-6-20-38)46-27-12-9-23-41(46)42-24-10-13-28-47(42)53/h1-34H.